The van der Waals surface area contributed by atoms with Crippen LogP contribution in [0, 0.1) is 0 Å². The van der Waals surface area contributed by atoms with Crippen molar-refractivity contribution in [2.45, 2.75) is 38.9 Å². The fraction of sp³-hybridized carbons (Fsp3) is 0.417. The molecule has 1 N–H and O–H groups in total. The smallest absolute Gasteiger partial charge is 0.257 e. The van der Waals surface area contributed by atoms with Gasteiger partial charge in [-0.2, -0.15) is 0 Å². The van der Waals surface area contributed by atoms with Crippen LogP contribution in [0.1, 0.15) is 52.5 Å². The van der Waals surface area contributed by atoms with Crippen LogP contribution in [0.5, 0.6) is 0 Å². The van der Waals surface area contributed by atoms with Crippen LogP contribution in [0.3, 0.4) is 0 Å². The second kappa shape index (κ2) is 8.38. The van der Waals surface area contributed by atoms with Gasteiger partial charge in [-0.25, -0.2) is 0 Å². The monoisotopic (exact) mass is 406 g/mol. The first kappa shape index (κ1) is 20.3. The Hall–Kier alpha value is -3.02. The molecule has 0 radical (unpaired) electrons. The molecule has 30 heavy (non-hydrogen) atoms. The van der Waals surface area contributed by atoms with E-state index in [1.807, 2.05) is 60.3 Å². The number of carbonyl (C=O) groups is 2. The third-order valence-electron chi connectivity index (χ3n) is 6.14. The summed E-state index contributed by atoms with van der Waals surface area (Å²) in [5.74, 6) is -0.0311. The van der Waals surface area contributed by atoms with Crippen molar-refractivity contribution >= 4 is 23.2 Å². The fourth-order valence-electron chi connectivity index (χ4n) is 4.46. The zero-order valence-corrected chi connectivity index (χ0v) is 18.0. The molecule has 2 aliphatic rings. The van der Waals surface area contributed by atoms with E-state index < -0.39 is 0 Å². The van der Waals surface area contributed by atoms with E-state index in [0.717, 1.165) is 49.3 Å². The topological polar surface area (TPSA) is 55.9 Å². The van der Waals surface area contributed by atoms with Crippen molar-refractivity contribution in [3.63, 3.8) is 0 Å². The fourth-order valence-corrected chi connectivity index (χ4v) is 4.46. The number of hydrogen-bond donors (Lipinski definition) is 1. The van der Waals surface area contributed by atoms with Crippen molar-refractivity contribution in [3.05, 3.63) is 59.2 Å². The summed E-state index contributed by atoms with van der Waals surface area (Å²) >= 11 is 0. The average Bonchev–Trinajstić information content (AvgIpc) is 2.78. The van der Waals surface area contributed by atoms with Gasteiger partial charge in [-0.15, -0.1) is 0 Å². The molecular weight excluding hydrogens is 376 g/mol. The number of benzene rings is 2. The van der Waals surface area contributed by atoms with Crippen LogP contribution in [-0.2, 0) is 6.54 Å². The minimum absolute atomic E-state index is 0.0901. The molecule has 4 rings (SSSR count). The van der Waals surface area contributed by atoms with Gasteiger partial charge in [-0.1, -0.05) is 12.1 Å². The standard InChI is InChI=1S/C24H30N4O2/c1-4-27-21-15-18(10-13-20(21)24(30)28-14-6-5-7-22(27)28)23(29)25-16-17-8-11-19(12-9-17)26(2)3/h8-13,15,22H,4-7,14,16H2,1-3H3,(H,25,29). The molecule has 0 aromatic heterocycles. The summed E-state index contributed by atoms with van der Waals surface area (Å²) in [7, 11) is 4.01. The number of amides is 2. The Morgan fingerprint density at radius 1 is 1.13 bits per heavy atom. The van der Waals surface area contributed by atoms with Crippen molar-refractivity contribution in [2.24, 2.45) is 0 Å². The lowest BCUT2D eigenvalue weighted by Gasteiger charge is -2.47. The van der Waals surface area contributed by atoms with Gasteiger partial charge >= 0.3 is 0 Å². The van der Waals surface area contributed by atoms with Crippen LogP contribution in [-0.4, -0.2) is 50.1 Å². The summed E-state index contributed by atoms with van der Waals surface area (Å²) in [6.07, 6.45) is 3.29. The first-order valence-corrected chi connectivity index (χ1v) is 10.8. The molecule has 2 aromatic rings. The first-order chi connectivity index (χ1) is 14.5. The van der Waals surface area contributed by atoms with Gasteiger partial charge in [0.1, 0.15) is 6.17 Å². The van der Waals surface area contributed by atoms with Crippen LogP contribution in [0.2, 0.25) is 0 Å². The van der Waals surface area contributed by atoms with Gasteiger partial charge in [-0.3, -0.25) is 9.59 Å². The van der Waals surface area contributed by atoms with Crippen LogP contribution < -0.4 is 15.1 Å². The maximum Gasteiger partial charge on any atom is 0.257 e. The Morgan fingerprint density at radius 2 is 1.90 bits per heavy atom. The molecule has 1 unspecified atom stereocenters. The number of piperidine rings is 1. The van der Waals surface area contributed by atoms with E-state index in [2.05, 4.69) is 17.1 Å². The highest BCUT2D eigenvalue weighted by Gasteiger charge is 2.38. The molecule has 2 aromatic carbocycles. The molecule has 0 spiro atoms. The van der Waals surface area contributed by atoms with Crippen molar-refractivity contribution in [1.29, 1.82) is 0 Å². The lowest BCUT2D eigenvalue weighted by molar-refractivity contribution is 0.0582. The van der Waals surface area contributed by atoms with E-state index >= 15 is 0 Å². The lowest BCUT2D eigenvalue weighted by Crippen LogP contribution is -2.57. The molecule has 2 aliphatic heterocycles. The van der Waals surface area contributed by atoms with Crippen molar-refractivity contribution in [2.75, 3.05) is 37.0 Å². The molecule has 0 saturated carbocycles. The van der Waals surface area contributed by atoms with E-state index in [1.165, 1.54) is 0 Å². The molecule has 1 saturated heterocycles. The van der Waals surface area contributed by atoms with E-state index in [-0.39, 0.29) is 18.0 Å². The normalized spacial score (nSPS) is 18.0. The second-order valence-corrected chi connectivity index (χ2v) is 8.24. The summed E-state index contributed by atoms with van der Waals surface area (Å²) in [6, 6.07) is 13.6. The third-order valence-corrected chi connectivity index (χ3v) is 6.14. The van der Waals surface area contributed by atoms with Gasteiger partial charge in [-0.05, 0) is 62.1 Å². The van der Waals surface area contributed by atoms with Gasteiger partial charge in [0.15, 0.2) is 0 Å². The molecular formula is C24H30N4O2. The molecule has 0 aliphatic carbocycles. The number of fused-ring (bicyclic) bond motifs is 2. The predicted molar refractivity (Wildman–Crippen MR) is 120 cm³/mol. The van der Waals surface area contributed by atoms with Gasteiger partial charge in [0, 0.05) is 45.0 Å². The predicted octanol–water partition coefficient (Wildman–Crippen LogP) is 3.47. The quantitative estimate of drug-likeness (QED) is 0.826. The third kappa shape index (κ3) is 3.74. The molecule has 158 valence electrons. The molecule has 1 fully saturated rings. The van der Waals surface area contributed by atoms with Gasteiger partial charge in [0.2, 0.25) is 0 Å². The van der Waals surface area contributed by atoms with Crippen molar-refractivity contribution < 1.29 is 9.59 Å². The van der Waals surface area contributed by atoms with E-state index in [4.69, 9.17) is 0 Å². The van der Waals surface area contributed by atoms with Crippen molar-refractivity contribution in [1.82, 2.24) is 10.2 Å². The van der Waals surface area contributed by atoms with E-state index in [0.29, 0.717) is 17.7 Å². The summed E-state index contributed by atoms with van der Waals surface area (Å²) < 4.78 is 0. The first-order valence-electron chi connectivity index (χ1n) is 10.8. The average molecular weight is 407 g/mol. The molecule has 6 heteroatoms. The highest BCUT2D eigenvalue weighted by molar-refractivity contribution is 6.04. The van der Waals surface area contributed by atoms with Gasteiger partial charge in [0.05, 0.1) is 11.3 Å². The van der Waals surface area contributed by atoms with Crippen molar-refractivity contribution in [3.8, 4) is 0 Å². The Kier molecular flexibility index (Phi) is 5.66. The highest BCUT2D eigenvalue weighted by atomic mass is 16.2. The van der Waals surface area contributed by atoms with E-state index in [9.17, 15) is 9.59 Å². The number of anilines is 2. The Morgan fingerprint density at radius 3 is 2.60 bits per heavy atom. The maximum absolute atomic E-state index is 13.0. The SMILES string of the molecule is CCN1c2cc(C(=O)NCc3ccc(N(C)C)cc3)ccc2C(=O)N2CCCCC21. The minimum Gasteiger partial charge on any atom is -0.378 e. The summed E-state index contributed by atoms with van der Waals surface area (Å²) in [5, 5.41) is 3.00. The second-order valence-electron chi connectivity index (χ2n) is 8.24. The molecule has 2 heterocycles. The number of rotatable bonds is 5. The zero-order chi connectivity index (χ0) is 21.3. The molecule has 6 nitrogen and oxygen atoms in total. The highest BCUT2D eigenvalue weighted by Crippen LogP contribution is 2.35. The Labute approximate surface area is 178 Å². The van der Waals surface area contributed by atoms with Crippen LogP contribution in [0.4, 0.5) is 11.4 Å². The lowest BCUT2D eigenvalue weighted by atomic mass is 9.97. The molecule has 1 atom stereocenters. The minimum atomic E-state index is -0.121. The summed E-state index contributed by atoms with van der Waals surface area (Å²) in [5.41, 5.74) is 4.35. The maximum atomic E-state index is 13.0. The zero-order valence-electron chi connectivity index (χ0n) is 18.0. The summed E-state index contributed by atoms with van der Waals surface area (Å²) in [6.45, 7) is 4.20. The van der Waals surface area contributed by atoms with Crippen LogP contribution in [0.15, 0.2) is 42.5 Å². The number of hydrogen-bond acceptors (Lipinski definition) is 4. The van der Waals surface area contributed by atoms with Gasteiger partial charge < -0.3 is 20.0 Å². The summed E-state index contributed by atoms with van der Waals surface area (Å²) in [4.78, 5) is 32.1. The number of nitrogens with one attached hydrogen (secondary N) is 1. The largest absolute Gasteiger partial charge is 0.378 e. The molecule has 2 amide bonds. The van der Waals surface area contributed by atoms with Crippen LogP contribution >= 0.6 is 0 Å². The van der Waals surface area contributed by atoms with E-state index in [1.54, 1.807) is 6.07 Å². The molecule has 0 bridgehead atoms. The number of nitrogens with zero attached hydrogens (tertiary/aromatic N) is 3. The Bertz CT molecular complexity index is 939. The Balaban J connectivity index is 1.51. The van der Waals surface area contributed by atoms with Gasteiger partial charge in [0.25, 0.3) is 11.8 Å². The number of carbonyl (C=O) groups excluding carboxylic acids is 2. The van der Waals surface area contributed by atoms with Crippen LogP contribution in [0.25, 0.3) is 0 Å².